The van der Waals surface area contributed by atoms with Gasteiger partial charge in [0.15, 0.2) is 0 Å². The van der Waals surface area contributed by atoms with Gasteiger partial charge in [0, 0.05) is 50.5 Å². The highest BCUT2D eigenvalue weighted by Gasteiger charge is 2.52. The molecule has 0 unspecified atom stereocenters. The molecule has 0 bridgehead atoms. The van der Waals surface area contributed by atoms with Crippen molar-refractivity contribution in [2.45, 2.75) is 5.41 Å². The largest absolute Gasteiger partial charge is 0.455 e. The minimum Gasteiger partial charge on any atom is -0.455 e. The summed E-state index contributed by atoms with van der Waals surface area (Å²) in [5.41, 5.74) is 31.9. The summed E-state index contributed by atoms with van der Waals surface area (Å²) in [7, 11) is 0. The Kier molecular flexibility index (Phi) is 13.1. The lowest BCUT2D eigenvalue weighted by Crippen LogP contribution is -2.26. The molecule has 94 heavy (non-hydrogen) atoms. The lowest BCUT2D eigenvalue weighted by molar-refractivity contribution is 0.670. The average Bonchev–Trinajstić information content (AvgIpc) is 1.51. The molecule has 440 valence electrons. The first kappa shape index (κ1) is 54.6. The Bertz CT molecular complexity index is 5350. The maximum Gasteiger partial charge on any atom is 0.143 e. The van der Waals surface area contributed by atoms with Gasteiger partial charge in [0.05, 0.1) is 5.41 Å². The Morgan fingerprint density at radius 2 is 0.543 bits per heavy atom. The van der Waals surface area contributed by atoms with E-state index in [4.69, 9.17) is 4.42 Å². The van der Waals surface area contributed by atoms with Gasteiger partial charge in [-0.3, -0.25) is 0 Å². The van der Waals surface area contributed by atoms with Crippen LogP contribution in [0.2, 0.25) is 0 Å². The summed E-state index contributed by atoms with van der Waals surface area (Å²) in [6, 6.07) is 133. The molecule has 15 aromatic carbocycles. The summed E-state index contributed by atoms with van der Waals surface area (Å²) in [5, 5.41) is 2.26. The summed E-state index contributed by atoms with van der Waals surface area (Å²) in [6.45, 7) is 0. The van der Waals surface area contributed by atoms with Crippen LogP contribution in [-0.2, 0) is 5.41 Å². The molecule has 0 radical (unpaired) electrons. The fourth-order valence-corrected chi connectivity index (χ4v) is 15.1. The van der Waals surface area contributed by atoms with Gasteiger partial charge in [-0.2, -0.15) is 0 Å². The van der Waals surface area contributed by atoms with E-state index in [0.29, 0.717) is 0 Å². The van der Waals surface area contributed by atoms with Crippen molar-refractivity contribution in [3.63, 3.8) is 0 Å². The SMILES string of the molecule is c1ccc(-c2cccc(-c3ccc(N(c4ccc(-c5cccc(-c6ccccc6)c5)cc4)c4ccc5c(c4)C4(c6ccccc6-c6ccccc64)c4ccc(-c6ccc(N(c7ccccc7)c7ccc(-c8cccc9c8oc8ccccc89)cc7)cc6)cc4-5)cc3)c2)cc1. The smallest absolute Gasteiger partial charge is 0.143 e. The number of para-hydroxylation sites is 3. The van der Waals surface area contributed by atoms with Crippen molar-refractivity contribution >= 4 is 56.1 Å². The molecule has 0 aliphatic heterocycles. The molecular formula is C91H60N2O. The second kappa shape index (κ2) is 22.6. The molecule has 1 heterocycles. The topological polar surface area (TPSA) is 19.6 Å². The van der Waals surface area contributed by atoms with Crippen LogP contribution in [0.4, 0.5) is 34.1 Å². The maximum absolute atomic E-state index is 6.48. The number of anilines is 6. The van der Waals surface area contributed by atoms with Gasteiger partial charge in [-0.15, -0.1) is 0 Å². The Morgan fingerprint density at radius 1 is 0.191 bits per heavy atom. The first-order chi connectivity index (χ1) is 46.6. The molecular weight excluding hydrogens is 1140 g/mol. The highest BCUT2D eigenvalue weighted by atomic mass is 16.3. The number of hydrogen-bond donors (Lipinski definition) is 0. The highest BCUT2D eigenvalue weighted by Crippen LogP contribution is 2.64. The van der Waals surface area contributed by atoms with Gasteiger partial charge in [-0.05, 0) is 203 Å². The van der Waals surface area contributed by atoms with Crippen LogP contribution in [0.3, 0.4) is 0 Å². The third-order valence-electron chi connectivity index (χ3n) is 19.5. The number of hydrogen-bond acceptors (Lipinski definition) is 3. The molecule has 0 amide bonds. The van der Waals surface area contributed by atoms with Gasteiger partial charge < -0.3 is 14.2 Å². The molecule has 1 aromatic heterocycles. The second-order valence-electron chi connectivity index (χ2n) is 24.7. The average molecular weight is 1200 g/mol. The summed E-state index contributed by atoms with van der Waals surface area (Å²) >= 11 is 0. The zero-order chi connectivity index (χ0) is 62.1. The van der Waals surface area contributed by atoms with Crippen molar-refractivity contribution < 1.29 is 4.42 Å². The first-order valence-electron chi connectivity index (χ1n) is 32.4. The number of furan rings is 1. The fraction of sp³-hybridized carbons (Fsp3) is 0.0110. The fourth-order valence-electron chi connectivity index (χ4n) is 15.1. The van der Waals surface area contributed by atoms with Crippen molar-refractivity contribution in [3.8, 4) is 89.0 Å². The Balaban J connectivity index is 0.741. The third-order valence-corrected chi connectivity index (χ3v) is 19.5. The molecule has 18 rings (SSSR count). The van der Waals surface area contributed by atoms with E-state index in [9.17, 15) is 0 Å². The molecule has 0 saturated carbocycles. The summed E-state index contributed by atoms with van der Waals surface area (Å²) in [6.07, 6.45) is 0. The van der Waals surface area contributed by atoms with E-state index in [1.54, 1.807) is 0 Å². The lowest BCUT2D eigenvalue weighted by atomic mass is 9.70. The number of fused-ring (bicyclic) bond motifs is 13. The summed E-state index contributed by atoms with van der Waals surface area (Å²) < 4.78 is 6.48. The third kappa shape index (κ3) is 9.12. The van der Waals surface area contributed by atoms with Crippen LogP contribution >= 0.6 is 0 Å². The molecule has 2 aliphatic rings. The van der Waals surface area contributed by atoms with Crippen LogP contribution in [-0.4, -0.2) is 0 Å². The van der Waals surface area contributed by atoms with Crippen LogP contribution in [0.5, 0.6) is 0 Å². The normalized spacial score (nSPS) is 12.3. The van der Waals surface area contributed by atoms with Crippen molar-refractivity contribution in [2.75, 3.05) is 9.80 Å². The van der Waals surface area contributed by atoms with Crippen LogP contribution in [0.1, 0.15) is 22.3 Å². The summed E-state index contributed by atoms with van der Waals surface area (Å²) in [5.74, 6) is 0. The van der Waals surface area contributed by atoms with Crippen LogP contribution in [0.15, 0.2) is 368 Å². The van der Waals surface area contributed by atoms with Gasteiger partial charge in [-0.1, -0.05) is 267 Å². The van der Waals surface area contributed by atoms with Gasteiger partial charge in [-0.25, -0.2) is 0 Å². The van der Waals surface area contributed by atoms with Crippen LogP contribution in [0.25, 0.3) is 111 Å². The number of benzene rings is 15. The van der Waals surface area contributed by atoms with Gasteiger partial charge in [0.1, 0.15) is 11.2 Å². The predicted octanol–water partition coefficient (Wildman–Crippen LogP) is 24.9. The zero-order valence-electron chi connectivity index (χ0n) is 51.4. The predicted molar refractivity (Wildman–Crippen MR) is 392 cm³/mol. The van der Waals surface area contributed by atoms with E-state index in [1.165, 1.54) is 77.9 Å². The monoisotopic (exact) mass is 1200 g/mol. The van der Waals surface area contributed by atoms with Gasteiger partial charge in [0.25, 0.3) is 0 Å². The number of rotatable bonds is 12. The van der Waals surface area contributed by atoms with Gasteiger partial charge >= 0.3 is 0 Å². The maximum atomic E-state index is 6.48. The lowest BCUT2D eigenvalue weighted by Gasteiger charge is -2.32. The molecule has 0 N–H and O–H groups in total. The number of nitrogens with zero attached hydrogens (tertiary/aromatic N) is 2. The van der Waals surface area contributed by atoms with Crippen molar-refractivity contribution in [2.24, 2.45) is 0 Å². The first-order valence-corrected chi connectivity index (χ1v) is 32.4. The molecule has 0 saturated heterocycles. The minimum atomic E-state index is -0.576. The van der Waals surface area contributed by atoms with Gasteiger partial charge in [0.2, 0.25) is 0 Å². The highest BCUT2D eigenvalue weighted by molar-refractivity contribution is 6.09. The van der Waals surface area contributed by atoms with Crippen molar-refractivity contribution in [1.29, 1.82) is 0 Å². The quantitative estimate of drug-likeness (QED) is 0.122. The Labute approximate surface area is 547 Å². The van der Waals surface area contributed by atoms with Crippen LogP contribution in [0, 0.1) is 0 Å². The molecule has 2 aliphatic carbocycles. The summed E-state index contributed by atoms with van der Waals surface area (Å²) in [4.78, 5) is 4.79. The van der Waals surface area contributed by atoms with Crippen molar-refractivity contribution in [3.05, 3.63) is 386 Å². The van der Waals surface area contributed by atoms with E-state index >= 15 is 0 Å². The molecule has 3 heteroatoms. The second-order valence-corrected chi connectivity index (χ2v) is 24.7. The Hall–Kier alpha value is -12.3. The van der Waals surface area contributed by atoms with Crippen LogP contribution < -0.4 is 9.80 Å². The minimum absolute atomic E-state index is 0.576. The molecule has 0 atom stereocenters. The Morgan fingerprint density at radius 3 is 1.09 bits per heavy atom. The van der Waals surface area contributed by atoms with E-state index in [2.05, 4.69) is 362 Å². The van der Waals surface area contributed by atoms with E-state index in [-0.39, 0.29) is 0 Å². The molecule has 0 fully saturated rings. The van der Waals surface area contributed by atoms with E-state index < -0.39 is 5.41 Å². The van der Waals surface area contributed by atoms with Crippen molar-refractivity contribution in [1.82, 2.24) is 0 Å². The molecule has 16 aromatic rings. The van der Waals surface area contributed by atoms with E-state index in [1.807, 2.05) is 12.1 Å². The standard InChI is InChI=1S/C91H60N2O/c1-4-19-61(20-5-1)67-23-16-25-69(57-67)63-37-48-75(49-38-63)93(76-50-39-64(40-51-76)70-26-17-24-68(58-70)62-21-6-2-7-22-62)77-54-55-81-84-59-71(45-56-87(84)91(88(81)60-77)85-34-13-10-29-79(85)80-30-11-14-35-86(80)91)65-41-46-73(47-42-65)92(72-27-8-3-9-28-72)74-52-43-66(44-53-74)78-32-18-33-83-82-31-12-15-36-89(82)94-90(78)83/h1-60H. The van der Waals surface area contributed by atoms with E-state index in [0.717, 1.165) is 89.4 Å². The zero-order valence-corrected chi connectivity index (χ0v) is 51.4. The molecule has 1 spiro atoms. The molecule has 3 nitrogen and oxygen atoms in total.